The van der Waals surface area contributed by atoms with Crippen LogP contribution in [0.1, 0.15) is 17.2 Å². The third-order valence-electron chi connectivity index (χ3n) is 3.42. The van der Waals surface area contributed by atoms with Crippen molar-refractivity contribution < 1.29 is 4.39 Å². The number of rotatable bonds is 5. The van der Waals surface area contributed by atoms with E-state index in [1.54, 1.807) is 12.1 Å². The van der Waals surface area contributed by atoms with Crippen molar-refractivity contribution in [3.8, 4) is 0 Å². The molecule has 0 radical (unpaired) electrons. The normalized spacial score (nSPS) is 12.7. The van der Waals surface area contributed by atoms with Crippen LogP contribution in [0, 0.1) is 5.82 Å². The van der Waals surface area contributed by atoms with Gasteiger partial charge in [-0.1, -0.05) is 45.7 Å². The number of hydrogen-bond acceptors (Lipinski definition) is 2. The molecule has 0 saturated carbocycles. The van der Waals surface area contributed by atoms with Gasteiger partial charge in [-0.15, -0.1) is 0 Å². The fourth-order valence-corrected chi connectivity index (χ4v) is 2.73. The summed E-state index contributed by atoms with van der Waals surface area (Å²) in [6.07, 6.45) is 0. The fraction of sp³-hybridized carbons (Fsp3) is 0.250. The Kier molecular flexibility index (Phi) is 5.76. The minimum Gasteiger partial charge on any atom is -0.329 e. The van der Waals surface area contributed by atoms with E-state index in [0.717, 1.165) is 10.0 Å². The van der Waals surface area contributed by atoms with Crippen molar-refractivity contribution in [2.45, 2.75) is 12.6 Å². The Labute approximate surface area is 137 Å². The second-order valence-corrected chi connectivity index (χ2v) is 6.31. The molecule has 0 heterocycles. The van der Waals surface area contributed by atoms with E-state index >= 15 is 0 Å². The van der Waals surface area contributed by atoms with Crippen molar-refractivity contribution in [1.29, 1.82) is 0 Å². The van der Waals surface area contributed by atoms with Gasteiger partial charge in [-0.2, -0.15) is 0 Å². The highest BCUT2D eigenvalue weighted by Crippen LogP contribution is 2.25. The summed E-state index contributed by atoms with van der Waals surface area (Å²) in [5, 5.41) is 0.391. The fourth-order valence-electron chi connectivity index (χ4n) is 2.30. The molecular formula is C16H17BrClFN2. The highest BCUT2D eigenvalue weighted by atomic mass is 79.9. The first-order valence-electron chi connectivity index (χ1n) is 6.61. The predicted molar refractivity (Wildman–Crippen MR) is 88.8 cm³/mol. The molecule has 1 atom stereocenters. The Morgan fingerprint density at radius 3 is 2.48 bits per heavy atom. The van der Waals surface area contributed by atoms with E-state index in [9.17, 15) is 4.39 Å². The summed E-state index contributed by atoms with van der Waals surface area (Å²) in [6.45, 7) is 1.03. The Morgan fingerprint density at radius 1 is 1.24 bits per heavy atom. The van der Waals surface area contributed by atoms with Gasteiger partial charge in [0.05, 0.1) is 0 Å². The molecule has 0 bridgehead atoms. The number of nitrogens with two attached hydrogens (primary N) is 1. The van der Waals surface area contributed by atoms with Crippen molar-refractivity contribution in [3.63, 3.8) is 0 Å². The zero-order valence-corrected chi connectivity index (χ0v) is 14.0. The lowest BCUT2D eigenvalue weighted by atomic mass is 10.0. The van der Waals surface area contributed by atoms with Crippen LogP contribution in [0.5, 0.6) is 0 Å². The van der Waals surface area contributed by atoms with E-state index in [0.29, 0.717) is 23.7 Å². The summed E-state index contributed by atoms with van der Waals surface area (Å²) in [4.78, 5) is 2.04. The molecule has 0 saturated heterocycles. The lowest BCUT2D eigenvalue weighted by molar-refractivity contribution is 0.236. The second kappa shape index (κ2) is 7.36. The van der Waals surface area contributed by atoms with Crippen LogP contribution >= 0.6 is 27.5 Å². The average molecular weight is 372 g/mol. The number of benzene rings is 2. The topological polar surface area (TPSA) is 29.3 Å². The first-order chi connectivity index (χ1) is 10.0. The third kappa shape index (κ3) is 4.27. The lowest BCUT2D eigenvalue weighted by Crippen LogP contribution is -2.30. The molecule has 0 spiro atoms. The van der Waals surface area contributed by atoms with E-state index in [1.165, 1.54) is 6.07 Å². The Bertz CT molecular complexity index is 604. The van der Waals surface area contributed by atoms with Gasteiger partial charge in [0.15, 0.2) is 0 Å². The molecule has 5 heteroatoms. The summed E-state index contributed by atoms with van der Waals surface area (Å²) < 4.78 is 15.1. The molecule has 2 N–H and O–H groups in total. The molecule has 2 aromatic rings. The Hall–Kier alpha value is -0.940. The van der Waals surface area contributed by atoms with E-state index in [4.69, 9.17) is 17.3 Å². The minimum absolute atomic E-state index is 0.189. The van der Waals surface area contributed by atoms with Crippen molar-refractivity contribution in [2.24, 2.45) is 5.73 Å². The summed E-state index contributed by atoms with van der Waals surface area (Å²) in [7, 11) is 1.94. The standard InChI is InChI=1S/C16H17BrClFN2/c1-21(10-11-2-4-12(17)5-3-11)16(9-20)14-7-6-13(18)8-15(14)19/h2-8,16H,9-10,20H2,1H3. The second-order valence-electron chi connectivity index (χ2n) is 4.96. The number of likely N-dealkylation sites (N-methyl/N-ethyl adjacent to an activating group) is 1. The van der Waals surface area contributed by atoms with Crippen LogP contribution in [0.25, 0.3) is 0 Å². The molecule has 0 amide bonds. The van der Waals surface area contributed by atoms with Gasteiger partial charge in [0.1, 0.15) is 5.82 Å². The van der Waals surface area contributed by atoms with Crippen LogP contribution in [-0.4, -0.2) is 18.5 Å². The van der Waals surface area contributed by atoms with E-state index in [-0.39, 0.29) is 11.9 Å². The van der Waals surface area contributed by atoms with Crippen LogP contribution in [0.2, 0.25) is 5.02 Å². The minimum atomic E-state index is -0.319. The molecule has 21 heavy (non-hydrogen) atoms. The molecule has 2 nitrogen and oxygen atoms in total. The molecule has 0 fully saturated rings. The van der Waals surface area contributed by atoms with Gasteiger partial charge in [0.25, 0.3) is 0 Å². The predicted octanol–water partition coefficient (Wildman–Crippen LogP) is 4.37. The summed E-state index contributed by atoms with van der Waals surface area (Å²) in [6, 6.07) is 12.6. The first kappa shape index (κ1) is 16.4. The van der Waals surface area contributed by atoms with E-state index in [1.807, 2.05) is 36.2 Å². The molecular weight excluding hydrogens is 355 g/mol. The largest absolute Gasteiger partial charge is 0.329 e. The number of halogens is 3. The molecule has 2 rings (SSSR count). The summed E-state index contributed by atoms with van der Waals surface area (Å²) in [5.74, 6) is -0.319. The van der Waals surface area contributed by atoms with Crippen LogP contribution in [0.15, 0.2) is 46.9 Å². The smallest absolute Gasteiger partial charge is 0.129 e. The van der Waals surface area contributed by atoms with Crippen LogP contribution in [0.3, 0.4) is 0 Å². The Balaban J connectivity index is 2.18. The Morgan fingerprint density at radius 2 is 1.90 bits per heavy atom. The lowest BCUT2D eigenvalue weighted by Gasteiger charge is -2.27. The molecule has 112 valence electrons. The maximum atomic E-state index is 14.1. The molecule has 0 aliphatic carbocycles. The molecule has 1 unspecified atom stereocenters. The maximum Gasteiger partial charge on any atom is 0.129 e. The van der Waals surface area contributed by atoms with E-state index < -0.39 is 0 Å². The zero-order chi connectivity index (χ0) is 15.4. The van der Waals surface area contributed by atoms with Crippen LogP contribution < -0.4 is 5.73 Å². The molecule has 0 aliphatic rings. The molecule has 2 aromatic carbocycles. The van der Waals surface area contributed by atoms with Crippen molar-refractivity contribution in [2.75, 3.05) is 13.6 Å². The number of nitrogens with zero attached hydrogens (tertiary/aromatic N) is 1. The van der Waals surface area contributed by atoms with Gasteiger partial charge in [-0.05, 0) is 36.9 Å². The molecule has 0 aromatic heterocycles. The van der Waals surface area contributed by atoms with E-state index in [2.05, 4.69) is 15.9 Å². The molecule has 0 aliphatic heterocycles. The summed E-state index contributed by atoms with van der Waals surface area (Å²) >= 11 is 9.21. The highest BCUT2D eigenvalue weighted by Gasteiger charge is 2.19. The van der Waals surface area contributed by atoms with Gasteiger partial charge < -0.3 is 5.73 Å². The zero-order valence-electron chi connectivity index (χ0n) is 11.7. The van der Waals surface area contributed by atoms with Gasteiger partial charge in [-0.3, -0.25) is 4.90 Å². The summed E-state index contributed by atoms with van der Waals surface area (Å²) in [5.41, 5.74) is 7.56. The monoisotopic (exact) mass is 370 g/mol. The number of hydrogen-bond donors (Lipinski definition) is 1. The van der Waals surface area contributed by atoms with Gasteiger partial charge in [0.2, 0.25) is 0 Å². The maximum absolute atomic E-state index is 14.1. The van der Waals surface area contributed by atoms with Crippen molar-refractivity contribution in [3.05, 3.63) is 68.9 Å². The highest BCUT2D eigenvalue weighted by molar-refractivity contribution is 9.10. The van der Waals surface area contributed by atoms with Crippen molar-refractivity contribution in [1.82, 2.24) is 4.90 Å². The van der Waals surface area contributed by atoms with Gasteiger partial charge >= 0.3 is 0 Å². The third-order valence-corrected chi connectivity index (χ3v) is 4.19. The van der Waals surface area contributed by atoms with Crippen LogP contribution in [-0.2, 0) is 6.54 Å². The van der Waals surface area contributed by atoms with Gasteiger partial charge in [0, 0.05) is 34.2 Å². The average Bonchev–Trinajstić information content (AvgIpc) is 2.44. The first-order valence-corrected chi connectivity index (χ1v) is 7.78. The van der Waals surface area contributed by atoms with Crippen LogP contribution in [0.4, 0.5) is 4.39 Å². The van der Waals surface area contributed by atoms with Crippen molar-refractivity contribution >= 4 is 27.5 Å². The SMILES string of the molecule is CN(Cc1ccc(Br)cc1)C(CN)c1ccc(Cl)cc1F. The van der Waals surface area contributed by atoms with Gasteiger partial charge in [-0.25, -0.2) is 4.39 Å². The quantitative estimate of drug-likeness (QED) is 0.845.